The molecule has 2 N–H and O–H groups in total. The molecule has 1 saturated carbocycles. The number of hydrazine groups is 1. The van der Waals surface area contributed by atoms with E-state index in [9.17, 15) is 13.2 Å². The van der Waals surface area contributed by atoms with Gasteiger partial charge in [-0.2, -0.15) is 0 Å². The summed E-state index contributed by atoms with van der Waals surface area (Å²) in [6.45, 7) is 0. The van der Waals surface area contributed by atoms with Crippen LogP contribution in [0.25, 0.3) is 0 Å². The second kappa shape index (κ2) is 10.0. The van der Waals surface area contributed by atoms with Gasteiger partial charge in [0.15, 0.2) is 11.5 Å². The highest BCUT2D eigenvalue weighted by atomic mass is 32.2. The molecule has 0 radical (unpaired) electrons. The van der Waals surface area contributed by atoms with Gasteiger partial charge in [-0.3, -0.25) is 10.2 Å². The minimum Gasteiger partial charge on any atom is -0.493 e. The van der Waals surface area contributed by atoms with Crippen LogP contribution in [0.3, 0.4) is 0 Å². The lowest BCUT2D eigenvalue weighted by atomic mass is 9.84. The summed E-state index contributed by atoms with van der Waals surface area (Å²) in [6, 6.07) is 9.71. The number of carbonyl (C=O) groups excluding carboxylic acids is 1. The predicted octanol–water partition coefficient (Wildman–Crippen LogP) is 3.38. The van der Waals surface area contributed by atoms with Crippen LogP contribution in [0.2, 0.25) is 0 Å². The predicted molar refractivity (Wildman–Crippen MR) is 116 cm³/mol. The fourth-order valence-electron chi connectivity index (χ4n) is 3.81. The zero-order valence-corrected chi connectivity index (χ0v) is 18.8. The van der Waals surface area contributed by atoms with Crippen molar-refractivity contribution in [3.8, 4) is 17.2 Å². The van der Waals surface area contributed by atoms with Crippen LogP contribution in [0.1, 0.15) is 53.9 Å². The van der Waals surface area contributed by atoms with Crippen molar-refractivity contribution >= 4 is 15.9 Å². The van der Waals surface area contributed by atoms with Gasteiger partial charge in [0.25, 0.3) is 15.9 Å². The van der Waals surface area contributed by atoms with Crippen molar-refractivity contribution in [1.29, 1.82) is 0 Å². The molecule has 0 atom stereocenters. The van der Waals surface area contributed by atoms with E-state index in [-0.39, 0.29) is 22.0 Å². The number of benzene rings is 2. The molecule has 1 aliphatic rings. The van der Waals surface area contributed by atoms with Gasteiger partial charge in [-0.05, 0) is 48.6 Å². The number of carbonyl (C=O) groups is 1. The molecule has 2 aromatic carbocycles. The Bertz CT molecular complexity index is 990. The van der Waals surface area contributed by atoms with Crippen LogP contribution >= 0.6 is 0 Å². The maximum atomic E-state index is 12.6. The van der Waals surface area contributed by atoms with Gasteiger partial charge in [-0.1, -0.05) is 31.4 Å². The Morgan fingerprint density at radius 3 is 2.00 bits per heavy atom. The summed E-state index contributed by atoms with van der Waals surface area (Å²) in [6.07, 6.45) is 5.95. The van der Waals surface area contributed by atoms with Crippen LogP contribution < -0.4 is 24.5 Å². The molecule has 168 valence electrons. The molecule has 1 aliphatic carbocycles. The van der Waals surface area contributed by atoms with Crippen molar-refractivity contribution in [2.24, 2.45) is 0 Å². The van der Waals surface area contributed by atoms with Gasteiger partial charge in [0.1, 0.15) is 0 Å². The van der Waals surface area contributed by atoms with Crippen molar-refractivity contribution in [2.75, 3.05) is 21.3 Å². The highest BCUT2D eigenvalue weighted by molar-refractivity contribution is 7.89. The topological polar surface area (TPSA) is 103 Å². The average molecular weight is 449 g/mol. The highest BCUT2D eigenvalue weighted by Gasteiger charge is 2.21. The first-order valence-corrected chi connectivity index (χ1v) is 11.6. The van der Waals surface area contributed by atoms with Gasteiger partial charge >= 0.3 is 0 Å². The third-order valence-corrected chi connectivity index (χ3v) is 6.76. The Hall–Kier alpha value is -2.78. The molecule has 31 heavy (non-hydrogen) atoms. The van der Waals surface area contributed by atoms with E-state index in [1.165, 1.54) is 52.7 Å². The Labute approximate surface area is 182 Å². The number of nitrogens with one attached hydrogen (secondary N) is 2. The molecule has 0 saturated heterocycles. The third-order valence-electron chi connectivity index (χ3n) is 5.49. The molecule has 1 amide bonds. The van der Waals surface area contributed by atoms with Crippen LogP contribution in [0, 0.1) is 0 Å². The van der Waals surface area contributed by atoms with E-state index in [2.05, 4.69) is 10.3 Å². The number of methoxy groups -OCH3 is 3. The average Bonchev–Trinajstić information content (AvgIpc) is 2.82. The molecule has 9 heteroatoms. The number of ether oxygens (including phenoxy) is 3. The minimum absolute atomic E-state index is 0.0808. The molecule has 1 fully saturated rings. The van der Waals surface area contributed by atoms with Crippen molar-refractivity contribution in [2.45, 2.75) is 42.9 Å². The standard InChI is InChI=1S/C22H28N2O6S/c1-28-19-13-17(14-20(29-2)21(19)30-3)22(25)23-24-31(26,27)18-11-9-16(10-12-18)15-7-5-4-6-8-15/h9-15,24H,4-8H2,1-3H3,(H,23,25). The third kappa shape index (κ3) is 5.29. The molecule has 3 rings (SSSR count). The Kier molecular flexibility index (Phi) is 7.40. The van der Waals surface area contributed by atoms with E-state index < -0.39 is 15.9 Å². The normalized spacial score (nSPS) is 14.7. The van der Waals surface area contributed by atoms with Crippen LogP contribution in [0.15, 0.2) is 41.3 Å². The zero-order valence-electron chi connectivity index (χ0n) is 17.9. The second-order valence-corrected chi connectivity index (χ2v) is 9.06. The van der Waals surface area contributed by atoms with Gasteiger partial charge in [0.2, 0.25) is 5.75 Å². The summed E-state index contributed by atoms with van der Waals surface area (Å²) in [5.74, 6) is 0.723. The van der Waals surface area contributed by atoms with Gasteiger partial charge in [0, 0.05) is 5.56 Å². The van der Waals surface area contributed by atoms with E-state index in [4.69, 9.17) is 14.2 Å². The fourth-order valence-corrected chi connectivity index (χ4v) is 4.65. The summed E-state index contributed by atoms with van der Waals surface area (Å²) in [5.41, 5.74) is 3.52. The van der Waals surface area contributed by atoms with Crippen molar-refractivity contribution in [3.63, 3.8) is 0 Å². The lowest BCUT2D eigenvalue weighted by Crippen LogP contribution is -2.41. The summed E-state index contributed by atoms with van der Waals surface area (Å²) in [5, 5.41) is 0. The second-order valence-electron chi connectivity index (χ2n) is 7.38. The SMILES string of the molecule is COc1cc(C(=O)NNS(=O)(=O)c2ccc(C3CCCCC3)cc2)cc(OC)c1OC. The first-order valence-electron chi connectivity index (χ1n) is 10.1. The summed E-state index contributed by atoms with van der Waals surface area (Å²) in [7, 11) is 0.386. The lowest BCUT2D eigenvalue weighted by Gasteiger charge is -2.22. The lowest BCUT2D eigenvalue weighted by molar-refractivity contribution is 0.0944. The van der Waals surface area contributed by atoms with Crippen molar-refractivity contribution in [3.05, 3.63) is 47.5 Å². The van der Waals surface area contributed by atoms with Gasteiger partial charge in [-0.25, -0.2) is 8.42 Å². The molecule has 0 heterocycles. The fraction of sp³-hybridized carbons (Fsp3) is 0.409. The first kappa shape index (κ1) is 22.9. The Morgan fingerprint density at radius 1 is 0.903 bits per heavy atom. The number of rotatable bonds is 8. The molecule has 0 aliphatic heterocycles. The smallest absolute Gasteiger partial charge is 0.266 e. The van der Waals surface area contributed by atoms with E-state index in [0.29, 0.717) is 11.7 Å². The maximum absolute atomic E-state index is 12.6. The van der Waals surface area contributed by atoms with E-state index in [1.54, 1.807) is 12.1 Å². The number of sulfonamides is 1. The summed E-state index contributed by atoms with van der Waals surface area (Å²) < 4.78 is 40.9. The summed E-state index contributed by atoms with van der Waals surface area (Å²) >= 11 is 0. The zero-order chi connectivity index (χ0) is 22.4. The highest BCUT2D eigenvalue weighted by Crippen LogP contribution is 2.38. The van der Waals surface area contributed by atoms with Crippen LogP contribution in [0.5, 0.6) is 17.2 Å². The first-order chi connectivity index (χ1) is 14.9. The molecule has 0 aromatic heterocycles. The number of hydrogen-bond donors (Lipinski definition) is 2. The van der Waals surface area contributed by atoms with Crippen LogP contribution in [0.4, 0.5) is 0 Å². The molecular weight excluding hydrogens is 420 g/mol. The van der Waals surface area contributed by atoms with Crippen LogP contribution in [-0.2, 0) is 10.0 Å². The molecule has 0 bridgehead atoms. The minimum atomic E-state index is -3.92. The van der Waals surface area contributed by atoms with E-state index in [0.717, 1.165) is 18.4 Å². The Morgan fingerprint density at radius 2 is 1.48 bits per heavy atom. The monoisotopic (exact) mass is 448 g/mol. The molecule has 8 nitrogen and oxygen atoms in total. The number of hydrogen-bond acceptors (Lipinski definition) is 6. The summed E-state index contributed by atoms with van der Waals surface area (Å²) in [4.78, 5) is 14.7. The Balaban J connectivity index is 1.70. The van der Waals surface area contributed by atoms with Crippen molar-refractivity contribution < 1.29 is 27.4 Å². The van der Waals surface area contributed by atoms with Gasteiger partial charge in [0.05, 0.1) is 26.2 Å². The molecule has 0 spiro atoms. The van der Waals surface area contributed by atoms with Crippen molar-refractivity contribution in [1.82, 2.24) is 10.3 Å². The quantitative estimate of drug-likeness (QED) is 0.600. The number of amides is 1. The maximum Gasteiger partial charge on any atom is 0.266 e. The molecular formula is C22H28N2O6S. The van der Waals surface area contributed by atoms with Gasteiger partial charge in [-0.15, -0.1) is 4.83 Å². The van der Waals surface area contributed by atoms with E-state index >= 15 is 0 Å². The largest absolute Gasteiger partial charge is 0.493 e. The van der Waals surface area contributed by atoms with Crippen LogP contribution in [-0.4, -0.2) is 35.7 Å². The molecule has 0 unspecified atom stereocenters. The molecule has 2 aromatic rings. The van der Waals surface area contributed by atoms with Gasteiger partial charge < -0.3 is 14.2 Å². The van der Waals surface area contributed by atoms with E-state index in [1.807, 2.05) is 12.1 Å².